The lowest BCUT2D eigenvalue weighted by Gasteiger charge is -2.04. The summed E-state index contributed by atoms with van der Waals surface area (Å²) in [5.41, 5.74) is 1.16. The highest BCUT2D eigenvalue weighted by molar-refractivity contribution is 7.22. The van der Waals surface area contributed by atoms with Gasteiger partial charge in [-0.3, -0.25) is 0 Å². The molecule has 0 aliphatic rings. The number of rotatable bonds is 3. The van der Waals surface area contributed by atoms with Gasteiger partial charge >= 0.3 is 5.97 Å². The summed E-state index contributed by atoms with van der Waals surface area (Å²) in [5.74, 6) is -0.466. The Bertz CT molecular complexity index is 828. The van der Waals surface area contributed by atoms with Gasteiger partial charge in [0.1, 0.15) is 11.6 Å². The summed E-state index contributed by atoms with van der Waals surface area (Å²) in [5, 5.41) is 0.886. The number of fused-ring (bicyclic) bond motifs is 1. The first-order valence-electron chi connectivity index (χ1n) is 6.58. The molecular weight excluding hydrogens is 303 g/mol. The Kier molecular flexibility index (Phi) is 3.77. The molecule has 112 valence electrons. The first-order chi connectivity index (χ1) is 10.5. The van der Waals surface area contributed by atoms with Crippen molar-refractivity contribution in [1.29, 1.82) is 0 Å². The van der Waals surface area contributed by atoms with E-state index in [2.05, 4.69) is 4.98 Å². The lowest BCUT2D eigenvalue weighted by Crippen LogP contribution is -2.08. The number of nitrogens with zero attached hydrogens (tertiary/aromatic N) is 2. The molecule has 3 aromatic rings. The second-order valence-corrected chi connectivity index (χ2v) is 5.93. The zero-order valence-electron chi connectivity index (χ0n) is 12.0. The van der Waals surface area contributed by atoms with Gasteiger partial charge in [0, 0.05) is 20.2 Å². The minimum Gasteiger partial charge on any atom is -0.423 e. The number of carbonyl (C=O) groups excluding carboxylic acids is 1. The molecule has 1 heterocycles. The van der Waals surface area contributed by atoms with Crippen molar-refractivity contribution in [3.8, 4) is 5.75 Å². The van der Waals surface area contributed by atoms with Crippen LogP contribution in [0.2, 0.25) is 0 Å². The molecule has 0 amide bonds. The van der Waals surface area contributed by atoms with Crippen molar-refractivity contribution in [2.45, 2.75) is 0 Å². The lowest BCUT2D eigenvalue weighted by atomic mass is 10.2. The number of anilines is 1. The maximum atomic E-state index is 12.9. The number of esters is 1. The van der Waals surface area contributed by atoms with E-state index in [1.54, 1.807) is 12.1 Å². The van der Waals surface area contributed by atoms with Gasteiger partial charge in [-0.1, -0.05) is 11.3 Å². The van der Waals surface area contributed by atoms with Crippen molar-refractivity contribution in [2.24, 2.45) is 0 Å². The summed E-state index contributed by atoms with van der Waals surface area (Å²) < 4.78 is 19.1. The summed E-state index contributed by atoms with van der Waals surface area (Å²) in [6, 6.07) is 10.5. The van der Waals surface area contributed by atoms with E-state index in [1.807, 2.05) is 25.1 Å². The molecule has 0 bridgehead atoms. The Morgan fingerprint density at radius 2 is 1.91 bits per heavy atom. The van der Waals surface area contributed by atoms with Gasteiger partial charge in [-0.2, -0.15) is 0 Å². The van der Waals surface area contributed by atoms with Crippen molar-refractivity contribution >= 4 is 32.7 Å². The minimum atomic E-state index is -0.517. The van der Waals surface area contributed by atoms with Crippen LogP contribution in [-0.2, 0) is 0 Å². The smallest absolute Gasteiger partial charge is 0.343 e. The summed E-state index contributed by atoms with van der Waals surface area (Å²) in [4.78, 5) is 18.4. The van der Waals surface area contributed by atoms with Crippen molar-refractivity contribution in [2.75, 3.05) is 19.0 Å². The third-order valence-electron chi connectivity index (χ3n) is 3.02. The number of hydrogen-bond acceptors (Lipinski definition) is 5. The molecule has 0 N–H and O–H groups in total. The molecule has 6 heteroatoms. The fraction of sp³-hybridized carbons (Fsp3) is 0.125. The quantitative estimate of drug-likeness (QED) is 0.545. The molecule has 0 spiro atoms. The van der Waals surface area contributed by atoms with Crippen LogP contribution in [-0.4, -0.2) is 25.0 Å². The number of benzene rings is 2. The van der Waals surface area contributed by atoms with Crippen LogP contribution >= 0.6 is 11.3 Å². The summed E-state index contributed by atoms with van der Waals surface area (Å²) in [6.07, 6.45) is 0. The molecule has 22 heavy (non-hydrogen) atoms. The van der Waals surface area contributed by atoms with Crippen molar-refractivity contribution < 1.29 is 13.9 Å². The Labute approximate surface area is 130 Å². The SMILES string of the molecule is CN(C)c1nc2ccc(OC(=O)c3ccc(F)cc3)cc2s1. The van der Waals surface area contributed by atoms with E-state index in [1.165, 1.54) is 35.6 Å². The molecule has 1 aromatic heterocycles. The van der Waals surface area contributed by atoms with Crippen LogP contribution in [0.4, 0.5) is 9.52 Å². The molecule has 0 saturated carbocycles. The number of hydrogen-bond donors (Lipinski definition) is 0. The maximum Gasteiger partial charge on any atom is 0.343 e. The number of halogens is 1. The van der Waals surface area contributed by atoms with Crippen LogP contribution in [0.5, 0.6) is 5.75 Å². The zero-order valence-corrected chi connectivity index (χ0v) is 12.9. The lowest BCUT2D eigenvalue weighted by molar-refractivity contribution is 0.0735. The van der Waals surface area contributed by atoms with Crippen molar-refractivity contribution in [1.82, 2.24) is 4.98 Å². The van der Waals surface area contributed by atoms with Crippen LogP contribution in [0.25, 0.3) is 10.2 Å². The number of thiazole rings is 1. The van der Waals surface area contributed by atoms with Gasteiger partial charge in [-0.15, -0.1) is 0 Å². The number of ether oxygens (including phenoxy) is 1. The predicted octanol–water partition coefficient (Wildman–Crippen LogP) is 3.72. The highest BCUT2D eigenvalue weighted by atomic mass is 32.1. The normalized spacial score (nSPS) is 10.7. The predicted molar refractivity (Wildman–Crippen MR) is 85.3 cm³/mol. The first-order valence-corrected chi connectivity index (χ1v) is 7.40. The standard InChI is InChI=1S/C16H13FN2O2S/c1-19(2)16-18-13-8-7-12(9-14(13)22-16)21-15(20)10-3-5-11(17)6-4-10/h3-9H,1-2H3. The molecular formula is C16H13FN2O2S. The average molecular weight is 316 g/mol. The minimum absolute atomic E-state index is 0.305. The van der Waals surface area contributed by atoms with Crippen molar-refractivity contribution in [3.05, 3.63) is 53.8 Å². The second-order valence-electron chi connectivity index (χ2n) is 4.92. The summed E-state index contributed by atoms with van der Waals surface area (Å²) >= 11 is 1.52. The molecule has 0 fully saturated rings. The highest BCUT2D eigenvalue weighted by Gasteiger charge is 2.11. The van der Waals surface area contributed by atoms with Gasteiger partial charge < -0.3 is 9.64 Å². The van der Waals surface area contributed by atoms with E-state index < -0.39 is 5.97 Å². The van der Waals surface area contributed by atoms with Crippen LogP contribution in [0.3, 0.4) is 0 Å². The molecule has 0 unspecified atom stereocenters. The van der Waals surface area contributed by atoms with E-state index in [-0.39, 0.29) is 5.82 Å². The third kappa shape index (κ3) is 2.92. The molecule has 4 nitrogen and oxygen atoms in total. The van der Waals surface area contributed by atoms with Crippen LogP contribution in [0.1, 0.15) is 10.4 Å². The molecule has 3 rings (SSSR count). The second kappa shape index (κ2) is 5.73. The van der Waals surface area contributed by atoms with E-state index >= 15 is 0 Å². The highest BCUT2D eigenvalue weighted by Crippen LogP contribution is 2.30. The Hall–Kier alpha value is -2.47. The molecule has 0 atom stereocenters. The molecule has 2 aromatic carbocycles. The fourth-order valence-corrected chi connectivity index (χ4v) is 2.82. The number of aromatic nitrogens is 1. The van der Waals surface area contributed by atoms with E-state index in [4.69, 9.17) is 4.74 Å². The summed E-state index contributed by atoms with van der Waals surface area (Å²) in [7, 11) is 3.85. The van der Waals surface area contributed by atoms with E-state index in [0.717, 1.165) is 15.3 Å². The molecule has 0 saturated heterocycles. The average Bonchev–Trinajstić information content (AvgIpc) is 2.91. The summed E-state index contributed by atoms with van der Waals surface area (Å²) in [6.45, 7) is 0. The molecule has 0 aliphatic carbocycles. The first kappa shape index (κ1) is 14.5. The van der Waals surface area contributed by atoms with Crippen LogP contribution in [0, 0.1) is 5.82 Å². The third-order valence-corrected chi connectivity index (χ3v) is 4.21. The number of carbonyl (C=O) groups is 1. The van der Waals surface area contributed by atoms with E-state index in [0.29, 0.717) is 11.3 Å². The van der Waals surface area contributed by atoms with Gasteiger partial charge in [-0.05, 0) is 36.4 Å². The van der Waals surface area contributed by atoms with Gasteiger partial charge in [0.25, 0.3) is 0 Å². The van der Waals surface area contributed by atoms with E-state index in [9.17, 15) is 9.18 Å². The van der Waals surface area contributed by atoms with Gasteiger partial charge in [-0.25, -0.2) is 14.2 Å². The van der Waals surface area contributed by atoms with Gasteiger partial charge in [0.05, 0.1) is 15.8 Å². The Balaban J connectivity index is 1.84. The van der Waals surface area contributed by atoms with Gasteiger partial charge in [0.2, 0.25) is 0 Å². The molecule has 0 aliphatic heterocycles. The van der Waals surface area contributed by atoms with Gasteiger partial charge in [0.15, 0.2) is 5.13 Å². The largest absolute Gasteiger partial charge is 0.423 e. The Morgan fingerprint density at radius 1 is 1.18 bits per heavy atom. The zero-order chi connectivity index (χ0) is 15.7. The Morgan fingerprint density at radius 3 is 2.59 bits per heavy atom. The van der Waals surface area contributed by atoms with Crippen LogP contribution < -0.4 is 9.64 Å². The maximum absolute atomic E-state index is 12.9. The van der Waals surface area contributed by atoms with Crippen LogP contribution in [0.15, 0.2) is 42.5 Å². The monoisotopic (exact) mass is 316 g/mol. The fourth-order valence-electron chi connectivity index (χ4n) is 1.90. The topological polar surface area (TPSA) is 42.4 Å². The van der Waals surface area contributed by atoms with Crippen molar-refractivity contribution in [3.63, 3.8) is 0 Å². The molecule has 0 radical (unpaired) electrons.